The summed E-state index contributed by atoms with van der Waals surface area (Å²) < 4.78 is 4.75. The molecule has 1 radical (unpaired) electrons. The topological polar surface area (TPSA) is 26.3 Å². The van der Waals surface area contributed by atoms with Gasteiger partial charge in [-0.15, -0.1) is 0 Å². The lowest BCUT2D eigenvalue weighted by atomic mass is 9.96. The number of ether oxygens (including phenoxy) is 1. The van der Waals surface area contributed by atoms with Crippen LogP contribution < -0.4 is 0 Å². The highest BCUT2D eigenvalue weighted by molar-refractivity contribution is 5.38. The lowest BCUT2D eigenvalue weighted by molar-refractivity contribution is 0.203. The second-order valence-corrected chi connectivity index (χ2v) is 4.25. The fraction of sp³-hybridized carbons (Fsp3) is 0.923. The number of unbranched alkanes of at least 4 members (excludes halogenated alkanes) is 4. The fourth-order valence-corrected chi connectivity index (χ4v) is 1.83. The van der Waals surface area contributed by atoms with Gasteiger partial charge in [0, 0.05) is 0 Å². The third-order valence-electron chi connectivity index (χ3n) is 2.81. The highest BCUT2D eigenvalue weighted by Crippen LogP contribution is 2.17. The molecule has 0 saturated carbocycles. The van der Waals surface area contributed by atoms with Crippen LogP contribution in [0.4, 0.5) is 0 Å². The lowest BCUT2D eigenvalue weighted by Gasteiger charge is -2.14. The normalized spacial score (nSPS) is 10.6. The number of hydrogen-bond acceptors (Lipinski definition) is 2. The predicted molar refractivity (Wildman–Crippen MR) is 63.4 cm³/mol. The Hall–Kier alpha value is -0.530. The van der Waals surface area contributed by atoms with Crippen LogP contribution in [0, 0.1) is 5.92 Å². The van der Waals surface area contributed by atoms with Crippen molar-refractivity contribution < 1.29 is 9.53 Å². The van der Waals surface area contributed by atoms with Gasteiger partial charge in [-0.1, -0.05) is 52.4 Å². The molecular weight excluding hydrogens is 188 g/mol. The van der Waals surface area contributed by atoms with Gasteiger partial charge in [-0.25, -0.2) is 4.79 Å². The van der Waals surface area contributed by atoms with E-state index in [0.29, 0.717) is 12.5 Å². The lowest BCUT2D eigenvalue weighted by Crippen LogP contribution is -2.09. The minimum Gasteiger partial charge on any atom is -0.457 e. The summed E-state index contributed by atoms with van der Waals surface area (Å²) in [5.74, 6) is 0.560. The second-order valence-electron chi connectivity index (χ2n) is 4.25. The summed E-state index contributed by atoms with van der Waals surface area (Å²) in [5, 5.41) is 0. The van der Waals surface area contributed by atoms with Crippen molar-refractivity contribution in [3.8, 4) is 0 Å². The van der Waals surface area contributed by atoms with Crippen LogP contribution in [0.3, 0.4) is 0 Å². The van der Waals surface area contributed by atoms with E-state index in [1.165, 1.54) is 57.8 Å². The standard InChI is InChI=1S/C13H25O2/c1-3-5-7-9-13(11-15-12-14)10-8-6-4-2/h13H,3-11H2,1-2H3. The van der Waals surface area contributed by atoms with Gasteiger partial charge in [-0.05, 0) is 18.8 Å². The van der Waals surface area contributed by atoms with E-state index in [2.05, 4.69) is 13.8 Å². The van der Waals surface area contributed by atoms with Crippen LogP contribution in [0.15, 0.2) is 0 Å². The SMILES string of the molecule is CCCCCC(CCCCC)CO[C]=O. The molecule has 0 aromatic rings. The summed E-state index contributed by atoms with van der Waals surface area (Å²) in [6.45, 7) is 6.52. The fourth-order valence-electron chi connectivity index (χ4n) is 1.83. The molecule has 0 amide bonds. The highest BCUT2D eigenvalue weighted by Gasteiger charge is 2.08. The Morgan fingerprint density at radius 2 is 1.53 bits per heavy atom. The molecule has 15 heavy (non-hydrogen) atoms. The van der Waals surface area contributed by atoms with Crippen molar-refractivity contribution in [2.45, 2.75) is 65.2 Å². The Kier molecular flexibility index (Phi) is 11.1. The smallest absolute Gasteiger partial charge is 0.417 e. The van der Waals surface area contributed by atoms with Crippen LogP contribution in [0.1, 0.15) is 65.2 Å². The van der Waals surface area contributed by atoms with Gasteiger partial charge >= 0.3 is 6.47 Å². The van der Waals surface area contributed by atoms with E-state index >= 15 is 0 Å². The molecule has 0 aromatic carbocycles. The van der Waals surface area contributed by atoms with Crippen molar-refractivity contribution in [2.75, 3.05) is 6.61 Å². The van der Waals surface area contributed by atoms with E-state index in [9.17, 15) is 4.79 Å². The molecule has 0 aliphatic rings. The van der Waals surface area contributed by atoms with Gasteiger partial charge in [0.05, 0.1) is 6.61 Å². The first-order valence-electron chi connectivity index (χ1n) is 6.34. The van der Waals surface area contributed by atoms with E-state index in [4.69, 9.17) is 4.74 Å². The van der Waals surface area contributed by atoms with E-state index in [0.717, 1.165) is 0 Å². The zero-order chi connectivity index (χ0) is 11.4. The van der Waals surface area contributed by atoms with Crippen molar-refractivity contribution in [2.24, 2.45) is 5.92 Å². The molecule has 2 nitrogen and oxygen atoms in total. The van der Waals surface area contributed by atoms with Gasteiger partial charge in [-0.2, -0.15) is 0 Å². The van der Waals surface area contributed by atoms with Crippen molar-refractivity contribution in [3.63, 3.8) is 0 Å². The molecule has 89 valence electrons. The molecule has 0 rings (SSSR count). The predicted octanol–water partition coefficient (Wildman–Crippen LogP) is 3.85. The molecule has 0 bridgehead atoms. The van der Waals surface area contributed by atoms with Crippen LogP contribution in [-0.2, 0) is 9.53 Å². The van der Waals surface area contributed by atoms with Crippen LogP contribution in [0.2, 0.25) is 0 Å². The van der Waals surface area contributed by atoms with E-state index in [1.54, 1.807) is 0 Å². The maximum Gasteiger partial charge on any atom is 0.417 e. The van der Waals surface area contributed by atoms with Gasteiger partial charge in [-0.3, -0.25) is 0 Å². The van der Waals surface area contributed by atoms with Gasteiger partial charge in [0.2, 0.25) is 0 Å². The highest BCUT2D eigenvalue weighted by atomic mass is 16.5. The molecule has 0 aromatic heterocycles. The average Bonchev–Trinajstić information content (AvgIpc) is 2.25. The maximum atomic E-state index is 10.0. The molecule has 0 aliphatic carbocycles. The summed E-state index contributed by atoms with van der Waals surface area (Å²) in [6, 6.07) is 0. The summed E-state index contributed by atoms with van der Waals surface area (Å²) in [4.78, 5) is 10.0. The molecule has 0 heterocycles. The Labute approximate surface area is 94.4 Å². The first-order valence-corrected chi connectivity index (χ1v) is 6.34. The Morgan fingerprint density at radius 1 is 1.00 bits per heavy atom. The first kappa shape index (κ1) is 14.5. The summed E-state index contributed by atoms with van der Waals surface area (Å²) >= 11 is 0. The molecule has 0 saturated heterocycles. The monoisotopic (exact) mass is 213 g/mol. The molecule has 0 aliphatic heterocycles. The van der Waals surface area contributed by atoms with Gasteiger partial charge in [0.25, 0.3) is 0 Å². The first-order chi connectivity index (χ1) is 7.35. The van der Waals surface area contributed by atoms with Crippen LogP contribution in [-0.4, -0.2) is 13.1 Å². The number of hydrogen-bond donors (Lipinski definition) is 0. The third-order valence-corrected chi connectivity index (χ3v) is 2.81. The number of carbonyl (C=O) groups excluding carboxylic acids is 1. The molecule has 0 fully saturated rings. The minimum atomic E-state index is 0.560. The molecule has 0 N–H and O–H groups in total. The van der Waals surface area contributed by atoms with Crippen LogP contribution in [0.5, 0.6) is 0 Å². The van der Waals surface area contributed by atoms with Crippen molar-refractivity contribution in [3.05, 3.63) is 0 Å². The zero-order valence-corrected chi connectivity index (χ0v) is 10.3. The molecular formula is C13H25O2. The molecule has 0 atom stereocenters. The van der Waals surface area contributed by atoms with Crippen molar-refractivity contribution in [1.82, 2.24) is 0 Å². The average molecular weight is 213 g/mol. The zero-order valence-electron chi connectivity index (χ0n) is 10.3. The van der Waals surface area contributed by atoms with Crippen LogP contribution >= 0.6 is 0 Å². The molecule has 2 heteroatoms. The van der Waals surface area contributed by atoms with E-state index in [1.807, 2.05) is 0 Å². The largest absolute Gasteiger partial charge is 0.457 e. The summed E-state index contributed by atoms with van der Waals surface area (Å²) in [6.07, 6.45) is 9.98. The Morgan fingerprint density at radius 3 is 1.93 bits per heavy atom. The minimum absolute atomic E-state index is 0.560. The Bertz CT molecular complexity index is 124. The van der Waals surface area contributed by atoms with E-state index < -0.39 is 0 Å². The Balaban J connectivity index is 3.57. The van der Waals surface area contributed by atoms with E-state index in [-0.39, 0.29) is 0 Å². The van der Waals surface area contributed by atoms with Crippen LogP contribution in [0.25, 0.3) is 0 Å². The van der Waals surface area contributed by atoms with Gasteiger partial charge < -0.3 is 4.74 Å². The van der Waals surface area contributed by atoms with Crippen molar-refractivity contribution in [1.29, 1.82) is 0 Å². The maximum absolute atomic E-state index is 10.0. The van der Waals surface area contributed by atoms with Gasteiger partial charge in [0.15, 0.2) is 0 Å². The third kappa shape index (κ3) is 9.77. The quantitative estimate of drug-likeness (QED) is 0.487. The summed E-state index contributed by atoms with van der Waals surface area (Å²) in [7, 11) is 0. The molecule has 0 unspecified atom stereocenters. The summed E-state index contributed by atoms with van der Waals surface area (Å²) in [5.41, 5.74) is 0. The molecule has 0 spiro atoms. The van der Waals surface area contributed by atoms with Gasteiger partial charge in [0.1, 0.15) is 0 Å². The number of rotatable bonds is 11. The second kappa shape index (κ2) is 11.5. The van der Waals surface area contributed by atoms with Crippen molar-refractivity contribution >= 4 is 6.47 Å².